The second-order valence-electron chi connectivity index (χ2n) is 3.92. The molecule has 0 bridgehead atoms. The van der Waals surface area contributed by atoms with Crippen molar-refractivity contribution in [3.63, 3.8) is 0 Å². The van der Waals surface area contributed by atoms with Crippen LogP contribution in [0.1, 0.15) is 38.3 Å². The molecule has 0 heterocycles. The average Bonchev–Trinajstić information content (AvgIpc) is 2.28. The summed E-state index contributed by atoms with van der Waals surface area (Å²) in [5, 5.41) is 3.25. The Morgan fingerprint density at radius 2 is 2.12 bits per heavy atom. The van der Waals surface area contributed by atoms with E-state index in [4.69, 9.17) is 6.42 Å². The minimum atomic E-state index is -0.185. The zero-order valence-electron chi connectivity index (χ0n) is 9.83. The second kappa shape index (κ2) is 6.30. The van der Waals surface area contributed by atoms with Crippen LogP contribution >= 0.6 is 0 Å². The van der Waals surface area contributed by atoms with Gasteiger partial charge in [-0.25, -0.2) is 4.39 Å². The second-order valence-corrected chi connectivity index (χ2v) is 3.92. The van der Waals surface area contributed by atoms with Crippen LogP contribution in [0.4, 0.5) is 4.39 Å². The lowest BCUT2D eigenvalue weighted by atomic mass is 10.1. The minimum absolute atomic E-state index is 0.0135. The van der Waals surface area contributed by atoms with Gasteiger partial charge in [-0.05, 0) is 19.4 Å². The molecule has 0 saturated carbocycles. The van der Waals surface area contributed by atoms with E-state index in [1.807, 2.05) is 13.0 Å². The van der Waals surface area contributed by atoms with Crippen molar-refractivity contribution in [3.8, 4) is 12.3 Å². The smallest absolute Gasteiger partial charge is 0.127 e. The highest BCUT2D eigenvalue weighted by molar-refractivity contribution is 5.21. The summed E-state index contributed by atoms with van der Waals surface area (Å²) in [5.74, 6) is 2.50. The SMILES string of the molecule is C#CC(CCC)NC(C)c1ccccc1F. The molecular formula is C14H18FN. The summed E-state index contributed by atoms with van der Waals surface area (Å²) < 4.78 is 13.5. The molecule has 16 heavy (non-hydrogen) atoms. The molecule has 1 nitrogen and oxygen atoms in total. The number of halogens is 1. The lowest BCUT2D eigenvalue weighted by Crippen LogP contribution is -2.30. The molecule has 0 saturated heterocycles. The molecule has 0 spiro atoms. The Balaban J connectivity index is 2.68. The summed E-state index contributed by atoms with van der Waals surface area (Å²) >= 11 is 0. The number of hydrogen-bond donors (Lipinski definition) is 1. The zero-order chi connectivity index (χ0) is 12.0. The molecule has 0 aromatic heterocycles. The van der Waals surface area contributed by atoms with E-state index in [0.29, 0.717) is 5.56 Å². The van der Waals surface area contributed by atoms with Gasteiger partial charge in [-0.1, -0.05) is 37.5 Å². The standard InChI is InChI=1S/C14H18FN/c1-4-8-12(5-2)16-11(3)13-9-6-7-10-14(13)15/h2,6-7,9-12,16H,4,8H2,1,3H3. The molecule has 1 rings (SSSR count). The Labute approximate surface area is 97.1 Å². The normalized spacial score (nSPS) is 14.1. The van der Waals surface area contributed by atoms with Crippen molar-refractivity contribution in [2.24, 2.45) is 0 Å². The van der Waals surface area contributed by atoms with Gasteiger partial charge in [0.1, 0.15) is 5.82 Å². The van der Waals surface area contributed by atoms with Crippen LogP contribution in [-0.2, 0) is 0 Å². The Kier molecular flexibility index (Phi) is 5.01. The molecule has 0 aliphatic heterocycles. The van der Waals surface area contributed by atoms with E-state index in [-0.39, 0.29) is 17.9 Å². The number of nitrogens with one attached hydrogen (secondary N) is 1. The maximum absolute atomic E-state index is 13.5. The van der Waals surface area contributed by atoms with Gasteiger partial charge in [0.2, 0.25) is 0 Å². The highest BCUT2D eigenvalue weighted by atomic mass is 19.1. The fraction of sp³-hybridized carbons (Fsp3) is 0.429. The fourth-order valence-electron chi connectivity index (χ4n) is 1.72. The average molecular weight is 219 g/mol. The molecule has 0 amide bonds. The van der Waals surface area contributed by atoms with Gasteiger partial charge in [0, 0.05) is 11.6 Å². The number of hydrogen-bond acceptors (Lipinski definition) is 1. The molecular weight excluding hydrogens is 201 g/mol. The first-order valence-electron chi connectivity index (χ1n) is 5.65. The van der Waals surface area contributed by atoms with Crippen LogP contribution in [0, 0.1) is 18.2 Å². The summed E-state index contributed by atoms with van der Waals surface area (Å²) in [4.78, 5) is 0. The van der Waals surface area contributed by atoms with Crippen LogP contribution in [-0.4, -0.2) is 6.04 Å². The van der Waals surface area contributed by atoms with Gasteiger partial charge in [-0.15, -0.1) is 6.42 Å². The predicted molar refractivity (Wildman–Crippen MR) is 65.5 cm³/mol. The molecule has 0 fully saturated rings. The van der Waals surface area contributed by atoms with E-state index < -0.39 is 0 Å². The molecule has 2 heteroatoms. The van der Waals surface area contributed by atoms with Crippen molar-refractivity contribution < 1.29 is 4.39 Å². The first-order chi connectivity index (χ1) is 7.69. The Morgan fingerprint density at radius 1 is 1.44 bits per heavy atom. The highest BCUT2D eigenvalue weighted by Crippen LogP contribution is 2.17. The van der Waals surface area contributed by atoms with Crippen LogP contribution in [0.15, 0.2) is 24.3 Å². The summed E-state index contributed by atoms with van der Waals surface area (Å²) in [7, 11) is 0. The molecule has 2 unspecified atom stereocenters. The first-order valence-corrected chi connectivity index (χ1v) is 5.65. The van der Waals surface area contributed by atoms with Gasteiger partial charge in [-0.3, -0.25) is 5.32 Å². The number of terminal acetylenes is 1. The summed E-state index contributed by atoms with van der Waals surface area (Å²) in [5.41, 5.74) is 0.666. The predicted octanol–water partition coefficient (Wildman–Crippen LogP) is 3.28. The maximum atomic E-state index is 13.5. The monoisotopic (exact) mass is 219 g/mol. The largest absolute Gasteiger partial charge is 0.297 e. The first kappa shape index (κ1) is 12.7. The fourth-order valence-corrected chi connectivity index (χ4v) is 1.72. The third-order valence-electron chi connectivity index (χ3n) is 2.60. The van der Waals surface area contributed by atoms with Crippen molar-refractivity contribution in [2.45, 2.75) is 38.8 Å². The van der Waals surface area contributed by atoms with Crippen molar-refractivity contribution in [1.82, 2.24) is 5.32 Å². The summed E-state index contributed by atoms with van der Waals surface area (Å²) in [6.45, 7) is 4.01. The lowest BCUT2D eigenvalue weighted by molar-refractivity contribution is 0.476. The van der Waals surface area contributed by atoms with Crippen molar-refractivity contribution in [2.75, 3.05) is 0 Å². The molecule has 0 radical (unpaired) electrons. The topological polar surface area (TPSA) is 12.0 Å². The Morgan fingerprint density at radius 3 is 2.69 bits per heavy atom. The molecule has 2 atom stereocenters. The molecule has 1 aromatic carbocycles. The van der Waals surface area contributed by atoms with E-state index in [2.05, 4.69) is 18.2 Å². The van der Waals surface area contributed by atoms with Crippen molar-refractivity contribution >= 4 is 0 Å². The van der Waals surface area contributed by atoms with Gasteiger partial charge in [-0.2, -0.15) is 0 Å². The van der Waals surface area contributed by atoms with Crippen molar-refractivity contribution in [1.29, 1.82) is 0 Å². The van der Waals surface area contributed by atoms with Gasteiger partial charge >= 0.3 is 0 Å². The van der Waals surface area contributed by atoms with Crippen LogP contribution < -0.4 is 5.32 Å². The molecule has 86 valence electrons. The highest BCUT2D eigenvalue weighted by Gasteiger charge is 2.13. The molecule has 1 aromatic rings. The Bertz CT molecular complexity index is 367. The van der Waals surface area contributed by atoms with Crippen LogP contribution in [0.2, 0.25) is 0 Å². The minimum Gasteiger partial charge on any atom is -0.297 e. The van der Waals surface area contributed by atoms with Gasteiger partial charge in [0.15, 0.2) is 0 Å². The Hall–Kier alpha value is -1.33. The van der Waals surface area contributed by atoms with Crippen LogP contribution in [0.3, 0.4) is 0 Å². The van der Waals surface area contributed by atoms with E-state index in [1.54, 1.807) is 12.1 Å². The van der Waals surface area contributed by atoms with Crippen LogP contribution in [0.25, 0.3) is 0 Å². The van der Waals surface area contributed by atoms with E-state index in [0.717, 1.165) is 12.8 Å². The third-order valence-corrected chi connectivity index (χ3v) is 2.60. The molecule has 1 N–H and O–H groups in total. The summed E-state index contributed by atoms with van der Waals surface area (Å²) in [6, 6.07) is 6.73. The van der Waals surface area contributed by atoms with Gasteiger partial charge in [0.05, 0.1) is 6.04 Å². The van der Waals surface area contributed by atoms with Crippen molar-refractivity contribution in [3.05, 3.63) is 35.6 Å². The van der Waals surface area contributed by atoms with E-state index in [9.17, 15) is 4.39 Å². The van der Waals surface area contributed by atoms with E-state index in [1.165, 1.54) is 6.07 Å². The number of rotatable bonds is 5. The van der Waals surface area contributed by atoms with Gasteiger partial charge in [0.25, 0.3) is 0 Å². The molecule has 0 aliphatic carbocycles. The number of benzene rings is 1. The summed E-state index contributed by atoms with van der Waals surface area (Å²) in [6.07, 6.45) is 7.35. The van der Waals surface area contributed by atoms with Crippen LogP contribution in [0.5, 0.6) is 0 Å². The zero-order valence-corrected chi connectivity index (χ0v) is 9.83. The maximum Gasteiger partial charge on any atom is 0.127 e. The quantitative estimate of drug-likeness (QED) is 0.749. The molecule has 0 aliphatic rings. The van der Waals surface area contributed by atoms with Gasteiger partial charge < -0.3 is 0 Å². The third kappa shape index (κ3) is 3.36. The lowest BCUT2D eigenvalue weighted by Gasteiger charge is -2.19. The van der Waals surface area contributed by atoms with E-state index >= 15 is 0 Å².